The normalized spacial score (nSPS) is 20.4. The molecular weight excluding hydrogens is 300 g/mol. The van der Waals surface area contributed by atoms with Gasteiger partial charge in [-0.05, 0) is 25.7 Å². The summed E-state index contributed by atoms with van der Waals surface area (Å²) in [6.07, 6.45) is 5.77. The third kappa shape index (κ3) is 6.74. The van der Waals surface area contributed by atoms with E-state index in [0.717, 1.165) is 45.1 Å². The fraction of sp³-hybridized carbons (Fsp3) is 1.00. The van der Waals surface area contributed by atoms with Crippen molar-refractivity contribution >= 4 is 19.7 Å². The van der Waals surface area contributed by atoms with E-state index in [4.69, 9.17) is 20.2 Å². The zero-order chi connectivity index (χ0) is 15.1. The number of hydrogen-bond acceptors (Lipinski definition) is 4. The Labute approximate surface area is 127 Å². The lowest BCUT2D eigenvalue weighted by Crippen LogP contribution is -2.34. The Morgan fingerprint density at radius 2 is 1.95 bits per heavy atom. The minimum absolute atomic E-state index is 0.00520. The summed E-state index contributed by atoms with van der Waals surface area (Å²) in [6, 6.07) is 0. The Morgan fingerprint density at radius 1 is 1.30 bits per heavy atom. The van der Waals surface area contributed by atoms with E-state index in [-0.39, 0.29) is 17.3 Å². The maximum Gasteiger partial charge on any atom is 0.233 e. The molecule has 0 aromatic carbocycles. The highest BCUT2D eigenvalue weighted by Gasteiger charge is 2.34. The van der Waals surface area contributed by atoms with E-state index in [9.17, 15) is 8.42 Å². The van der Waals surface area contributed by atoms with Crippen LogP contribution in [0, 0.1) is 5.41 Å². The first-order chi connectivity index (χ1) is 9.41. The van der Waals surface area contributed by atoms with Gasteiger partial charge in [-0.25, -0.2) is 8.42 Å². The van der Waals surface area contributed by atoms with E-state index in [2.05, 4.69) is 13.8 Å². The van der Waals surface area contributed by atoms with E-state index in [1.807, 2.05) is 0 Å². The molecule has 20 heavy (non-hydrogen) atoms. The zero-order valence-corrected chi connectivity index (χ0v) is 14.1. The van der Waals surface area contributed by atoms with E-state index >= 15 is 0 Å². The molecule has 1 heterocycles. The second kappa shape index (κ2) is 8.57. The average molecular weight is 327 g/mol. The predicted molar refractivity (Wildman–Crippen MR) is 81.7 cm³/mol. The van der Waals surface area contributed by atoms with Gasteiger partial charge in [0.2, 0.25) is 9.05 Å². The van der Waals surface area contributed by atoms with Crippen LogP contribution in [0.4, 0.5) is 0 Å². The van der Waals surface area contributed by atoms with Gasteiger partial charge in [0, 0.05) is 22.7 Å². The first kappa shape index (κ1) is 18.2. The van der Waals surface area contributed by atoms with Crippen molar-refractivity contribution in [1.82, 2.24) is 0 Å². The summed E-state index contributed by atoms with van der Waals surface area (Å²) in [5.74, 6) is -0.00520. The van der Waals surface area contributed by atoms with E-state index in [1.54, 1.807) is 0 Å². The molecule has 0 spiro atoms. The van der Waals surface area contributed by atoms with Gasteiger partial charge in [-0.2, -0.15) is 0 Å². The quantitative estimate of drug-likeness (QED) is 0.578. The fourth-order valence-electron chi connectivity index (χ4n) is 3.06. The third-order valence-electron chi connectivity index (χ3n) is 3.78. The molecule has 6 heteroatoms. The second-order valence-electron chi connectivity index (χ2n) is 5.83. The summed E-state index contributed by atoms with van der Waals surface area (Å²) in [6.45, 7) is 5.92. The lowest BCUT2D eigenvalue weighted by Gasteiger charge is -2.32. The Bertz CT molecular complexity index is 357. The molecule has 0 saturated carbocycles. The Hall–Kier alpha value is 0.160. The molecule has 4 nitrogen and oxygen atoms in total. The molecule has 1 saturated heterocycles. The van der Waals surface area contributed by atoms with Crippen molar-refractivity contribution in [3.63, 3.8) is 0 Å². The third-order valence-corrected chi connectivity index (χ3v) is 5.06. The summed E-state index contributed by atoms with van der Waals surface area (Å²) in [7, 11) is 1.97. The average Bonchev–Trinajstić information content (AvgIpc) is 2.80. The lowest BCUT2D eigenvalue weighted by molar-refractivity contribution is -0.0174. The number of hydrogen-bond donors (Lipinski definition) is 0. The second-order valence-corrected chi connectivity index (χ2v) is 8.61. The molecule has 1 unspecified atom stereocenters. The molecule has 0 bridgehead atoms. The summed E-state index contributed by atoms with van der Waals surface area (Å²) >= 11 is 0. The molecule has 1 atom stereocenters. The minimum atomic E-state index is -3.51. The number of rotatable bonds is 10. The molecule has 1 rings (SSSR count). The molecular formula is C14H27ClO4S. The highest BCUT2D eigenvalue weighted by molar-refractivity contribution is 8.13. The molecule has 0 aliphatic carbocycles. The molecule has 0 radical (unpaired) electrons. The smallest absolute Gasteiger partial charge is 0.233 e. The monoisotopic (exact) mass is 326 g/mol. The van der Waals surface area contributed by atoms with E-state index in [1.165, 1.54) is 0 Å². The fourth-order valence-corrected chi connectivity index (χ4v) is 4.86. The van der Waals surface area contributed by atoms with Gasteiger partial charge < -0.3 is 9.47 Å². The van der Waals surface area contributed by atoms with Crippen molar-refractivity contribution in [3.8, 4) is 0 Å². The molecule has 0 N–H and O–H groups in total. The van der Waals surface area contributed by atoms with Crippen LogP contribution in [0.3, 0.4) is 0 Å². The van der Waals surface area contributed by atoms with Crippen LogP contribution in [0.2, 0.25) is 0 Å². The van der Waals surface area contributed by atoms with E-state index < -0.39 is 9.05 Å². The van der Waals surface area contributed by atoms with Gasteiger partial charge in [0.15, 0.2) is 0 Å². The van der Waals surface area contributed by atoms with Crippen LogP contribution in [0.25, 0.3) is 0 Å². The summed E-state index contributed by atoms with van der Waals surface area (Å²) in [5, 5.41) is 0. The number of ether oxygens (including phenoxy) is 2. The standard InChI is InChI=1S/C14H27ClO4S/c1-3-7-14(8-4-2,12-20(15,16)17)11-18-10-13-6-5-9-19-13/h13H,3-12H2,1-2H3. The number of halogens is 1. The van der Waals surface area contributed by atoms with E-state index in [0.29, 0.717) is 13.2 Å². The summed E-state index contributed by atoms with van der Waals surface area (Å²) < 4.78 is 34.3. The first-order valence-corrected chi connectivity index (χ1v) is 10.0. The molecule has 0 aromatic heterocycles. The van der Waals surface area contributed by atoms with Crippen molar-refractivity contribution in [2.45, 2.75) is 58.5 Å². The van der Waals surface area contributed by atoms with Crippen LogP contribution < -0.4 is 0 Å². The van der Waals surface area contributed by atoms with Crippen LogP contribution in [-0.2, 0) is 18.5 Å². The van der Waals surface area contributed by atoms with Gasteiger partial charge in [0.1, 0.15) is 0 Å². The molecule has 1 fully saturated rings. The Morgan fingerprint density at radius 3 is 2.40 bits per heavy atom. The highest BCUT2D eigenvalue weighted by atomic mass is 35.7. The SMILES string of the molecule is CCCC(CCC)(COCC1CCCO1)CS(=O)(=O)Cl. The van der Waals surface area contributed by atoms with Crippen LogP contribution >= 0.6 is 10.7 Å². The summed E-state index contributed by atoms with van der Waals surface area (Å²) in [5.41, 5.74) is -0.358. The molecule has 0 aromatic rings. The van der Waals surface area contributed by atoms with Crippen LogP contribution in [0.5, 0.6) is 0 Å². The molecule has 1 aliphatic heterocycles. The summed E-state index contributed by atoms with van der Waals surface area (Å²) in [4.78, 5) is 0. The van der Waals surface area contributed by atoms with Gasteiger partial charge in [-0.15, -0.1) is 0 Å². The maximum atomic E-state index is 11.5. The molecule has 0 amide bonds. The topological polar surface area (TPSA) is 52.6 Å². The van der Waals surface area contributed by atoms with Gasteiger partial charge in [-0.3, -0.25) is 0 Å². The predicted octanol–water partition coefficient (Wildman–Crippen LogP) is 3.34. The van der Waals surface area contributed by atoms with Crippen molar-refractivity contribution < 1.29 is 17.9 Å². The van der Waals surface area contributed by atoms with Gasteiger partial charge in [-0.1, -0.05) is 26.7 Å². The highest BCUT2D eigenvalue weighted by Crippen LogP contribution is 2.33. The zero-order valence-electron chi connectivity index (χ0n) is 12.6. The minimum Gasteiger partial charge on any atom is -0.378 e. The van der Waals surface area contributed by atoms with Crippen LogP contribution in [-0.4, -0.2) is 40.1 Å². The maximum absolute atomic E-state index is 11.5. The first-order valence-electron chi connectivity index (χ1n) is 7.52. The van der Waals surface area contributed by atoms with Crippen molar-refractivity contribution in [3.05, 3.63) is 0 Å². The molecule has 1 aliphatic rings. The van der Waals surface area contributed by atoms with Crippen molar-refractivity contribution in [1.29, 1.82) is 0 Å². The van der Waals surface area contributed by atoms with Crippen LogP contribution in [0.1, 0.15) is 52.4 Å². The van der Waals surface area contributed by atoms with Crippen molar-refractivity contribution in [2.75, 3.05) is 25.6 Å². The molecule has 120 valence electrons. The van der Waals surface area contributed by atoms with Gasteiger partial charge in [0.25, 0.3) is 0 Å². The Kier molecular flexibility index (Phi) is 7.80. The van der Waals surface area contributed by atoms with Crippen LogP contribution in [0.15, 0.2) is 0 Å². The largest absolute Gasteiger partial charge is 0.378 e. The lowest BCUT2D eigenvalue weighted by atomic mass is 9.82. The van der Waals surface area contributed by atoms with Gasteiger partial charge >= 0.3 is 0 Å². The van der Waals surface area contributed by atoms with Gasteiger partial charge in [0.05, 0.1) is 25.1 Å². The van der Waals surface area contributed by atoms with Crippen molar-refractivity contribution in [2.24, 2.45) is 5.41 Å². The Balaban J connectivity index is 2.58.